The maximum absolute atomic E-state index is 12.3. The summed E-state index contributed by atoms with van der Waals surface area (Å²) < 4.78 is 0. The third kappa shape index (κ3) is 2.99. The number of nitrogens with zero attached hydrogens (tertiary/aromatic N) is 1. The summed E-state index contributed by atoms with van der Waals surface area (Å²) in [7, 11) is 0. The second kappa shape index (κ2) is 6.15. The van der Waals surface area contributed by atoms with Crippen LogP contribution in [0.5, 0.6) is 0 Å². The first-order valence-corrected chi connectivity index (χ1v) is 7.22. The Morgan fingerprint density at radius 3 is 2.60 bits per heavy atom. The summed E-state index contributed by atoms with van der Waals surface area (Å²) in [5, 5.41) is 0. The quantitative estimate of drug-likeness (QED) is 0.908. The van der Waals surface area contributed by atoms with Gasteiger partial charge in [-0.3, -0.25) is 4.79 Å². The van der Waals surface area contributed by atoms with Crippen molar-refractivity contribution in [1.82, 2.24) is 4.90 Å². The standard InChI is InChI=1S/C16H22N2O.ClH/c1-11-2-4-12(5-3-11)8-16(19)18-9-13-6-7-15(17)14(13)10-18;/h2-5,13-15H,6-10,17H2,1H3;1H. The molecule has 2 aliphatic rings. The fourth-order valence-corrected chi connectivity index (χ4v) is 3.50. The van der Waals surface area contributed by atoms with Gasteiger partial charge in [0, 0.05) is 19.1 Å². The number of likely N-dealkylation sites (tertiary alicyclic amines) is 1. The van der Waals surface area contributed by atoms with Crippen molar-refractivity contribution < 1.29 is 4.79 Å². The first-order valence-electron chi connectivity index (χ1n) is 7.22. The number of amides is 1. The second-order valence-electron chi connectivity index (χ2n) is 6.13. The lowest BCUT2D eigenvalue weighted by atomic mass is 9.98. The molecule has 1 amide bonds. The average Bonchev–Trinajstić information content (AvgIpc) is 2.95. The van der Waals surface area contributed by atoms with Crippen LogP contribution in [0.15, 0.2) is 24.3 Å². The predicted octanol–water partition coefficient (Wildman–Crippen LogP) is 2.16. The third-order valence-corrected chi connectivity index (χ3v) is 4.74. The van der Waals surface area contributed by atoms with Crippen molar-refractivity contribution in [2.75, 3.05) is 13.1 Å². The molecule has 1 aliphatic carbocycles. The Bertz CT molecular complexity index is 474. The van der Waals surface area contributed by atoms with Gasteiger partial charge in [0.1, 0.15) is 0 Å². The number of nitrogens with two attached hydrogens (primary N) is 1. The topological polar surface area (TPSA) is 46.3 Å². The summed E-state index contributed by atoms with van der Waals surface area (Å²) in [5.41, 5.74) is 8.46. The van der Waals surface area contributed by atoms with Crippen LogP contribution in [0, 0.1) is 18.8 Å². The number of carbonyl (C=O) groups excluding carboxylic acids is 1. The molecule has 1 saturated carbocycles. The molecule has 0 bridgehead atoms. The Kier molecular flexibility index (Phi) is 4.71. The van der Waals surface area contributed by atoms with E-state index < -0.39 is 0 Å². The van der Waals surface area contributed by atoms with Gasteiger partial charge in [0.05, 0.1) is 6.42 Å². The molecule has 3 rings (SSSR count). The van der Waals surface area contributed by atoms with E-state index in [9.17, 15) is 4.79 Å². The molecular formula is C16H23ClN2O. The molecule has 0 aromatic heterocycles. The number of hydrogen-bond donors (Lipinski definition) is 1. The molecule has 3 nitrogen and oxygen atoms in total. The molecule has 2 N–H and O–H groups in total. The second-order valence-corrected chi connectivity index (χ2v) is 6.13. The lowest BCUT2D eigenvalue weighted by Crippen LogP contribution is -2.34. The fraction of sp³-hybridized carbons (Fsp3) is 0.562. The minimum atomic E-state index is 0. The summed E-state index contributed by atoms with van der Waals surface area (Å²) in [6.07, 6.45) is 2.85. The van der Waals surface area contributed by atoms with Gasteiger partial charge in [0.15, 0.2) is 0 Å². The molecule has 20 heavy (non-hydrogen) atoms. The van der Waals surface area contributed by atoms with Gasteiger partial charge in [-0.05, 0) is 37.2 Å². The Balaban J connectivity index is 0.00000147. The Labute approximate surface area is 126 Å². The van der Waals surface area contributed by atoms with Crippen LogP contribution >= 0.6 is 12.4 Å². The largest absolute Gasteiger partial charge is 0.342 e. The van der Waals surface area contributed by atoms with E-state index in [-0.39, 0.29) is 18.3 Å². The van der Waals surface area contributed by atoms with E-state index in [1.807, 2.05) is 4.90 Å². The highest BCUT2D eigenvalue weighted by Gasteiger charge is 2.42. The van der Waals surface area contributed by atoms with Crippen molar-refractivity contribution in [3.8, 4) is 0 Å². The highest BCUT2D eigenvalue weighted by Crippen LogP contribution is 2.37. The molecular weight excluding hydrogens is 272 g/mol. The molecule has 0 spiro atoms. The van der Waals surface area contributed by atoms with E-state index in [0.29, 0.717) is 24.3 Å². The van der Waals surface area contributed by atoms with Crippen LogP contribution in [0.4, 0.5) is 0 Å². The van der Waals surface area contributed by atoms with Crippen LogP contribution in [0.1, 0.15) is 24.0 Å². The SMILES string of the molecule is Cc1ccc(CC(=O)N2CC3CCC(N)C3C2)cc1.Cl. The number of benzene rings is 1. The molecule has 0 radical (unpaired) electrons. The Morgan fingerprint density at radius 1 is 1.25 bits per heavy atom. The fourth-order valence-electron chi connectivity index (χ4n) is 3.50. The van der Waals surface area contributed by atoms with Crippen LogP contribution in [0.3, 0.4) is 0 Å². The molecule has 3 atom stereocenters. The van der Waals surface area contributed by atoms with E-state index in [0.717, 1.165) is 25.1 Å². The predicted molar refractivity (Wildman–Crippen MR) is 82.9 cm³/mol. The van der Waals surface area contributed by atoms with Gasteiger partial charge in [0.25, 0.3) is 0 Å². The van der Waals surface area contributed by atoms with Crippen LogP contribution in [0.25, 0.3) is 0 Å². The number of fused-ring (bicyclic) bond motifs is 1. The molecule has 4 heteroatoms. The molecule has 1 aliphatic heterocycles. The number of aryl methyl sites for hydroxylation is 1. The van der Waals surface area contributed by atoms with Crippen LogP contribution < -0.4 is 5.73 Å². The number of rotatable bonds is 2. The van der Waals surface area contributed by atoms with Gasteiger partial charge in [-0.2, -0.15) is 0 Å². The number of hydrogen-bond acceptors (Lipinski definition) is 2. The van der Waals surface area contributed by atoms with Gasteiger partial charge in [-0.1, -0.05) is 29.8 Å². The summed E-state index contributed by atoms with van der Waals surface area (Å²) in [6, 6.07) is 8.54. The van der Waals surface area contributed by atoms with Crippen molar-refractivity contribution in [3.63, 3.8) is 0 Å². The maximum Gasteiger partial charge on any atom is 0.227 e. The number of halogens is 1. The minimum absolute atomic E-state index is 0. The monoisotopic (exact) mass is 294 g/mol. The van der Waals surface area contributed by atoms with E-state index >= 15 is 0 Å². The Hall–Kier alpha value is -1.06. The molecule has 1 aromatic rings. The van der Waals surface area contributed by atoms with Gasteiger partial charge >= 0.3 is 0 Å². The zero-order chi connectivity index (χ0) is 13.4. The summed E-state index contributed by atoms with van der Waals surface area (Å²) in [6.45, 7) is 3.86. The lowest BCUT2D eigenvalue weighted by Gasteiger charge is -2.18. The van der Waals surface area contributed by atoms with Crippen LogP contribution in [-0.2, 0) is 11.2 Å². The minimum Gasteiger partial charge on any atom is -0.342 e. The van der Waals surface area contributed by atoms with E-state index in [1.165, 1.54) is 12.0 Å². The Morgan fingerprint density at radius 2 is 1.95 bits per heavy atom. The third-order valence-electron chi connectivity index (χ3n) is 4.74. The summed E-state index contributed by atoms with van der Waals surface area (Å²) in [5.74, 6) is 1.45. The summed E-state index contributed by atoms with van der Waals surface area (Å²) in [4.78, 5) is 14.3. The van der Waals surface area contributed by atoms with Gasteiger partial charge < -0.3 is 10.6 Å². The van der Waals surface area contributed by atoms with Crippen molar-refractivity contribution in [2.45, 2.75) is 32.2 Å². The van der Waals surface area contributed by atoms with E-state index in [4.69, 9.17) is 5.73 Å². The molecule has 2 fully saturated rings. The number of carbonyl (C=O) groups is 1. The zero-order valence-corrected chi connectivity index (χ0v) is 12.7. The van der Waals surface area contributed by atoms with E-state index in [1.54, 1.807) is 0 Å². The van der Waals surface area contributed by atoms with Gasteiger partial charge in [-0.15, -0.1) is 12.4 Å². The summed E-state index contributed by atoms with van der Waals surface area (Å²) >= 11 is 0. The maximum atomic E-state index is 12.3. The molecule has 1 saturated heterocycles. The zero-order valence-electron chi connectivity index (χ0n) is 11.9. The smallest absolute Gasteiger partial charge is 0.227 e. The van der Waals surface area contributed by atoms with Crippen molar-refractivity contribution in [1.29, 1.82) is 0 Å². The highest BCUT2D eigenvalue weighted by molar-refractivity contribution is 5.85. The average molecular weight is 295 g/mol. The first-order chi connectivity index (χ1) is 9.13. The van der Waals surface area contributed by atoms with Crippen molar-refractivity contribution in [2.24, 2.45) is 17.6 Å². The van der Waals surface area contributed by atoms with E-state index in [2.05, 4.69) is 31.2 Å². The van der Waals surface area contributed by atoms with Crippen molar-refractivity contribution >= 4 is 18.3 Å². The molecule has 3 unspecified atom stereocenters. The highest BCUT2D eigenvalue weighted by atomic mass is 35.5. The first kappa shape index (κ1) is 15.3. The molecule has 1 aromatic carbocycles. The molecule has 110 valence electrons. The lowest BCUT2D eigenvalue weighted by molar-refractivity contribution is -0.129. The van der Waals surface area contributed by atoms with Crippen LogP contribution in [-0.4, -0.2) is 29.9 Å². The normalized spacial score (nSPS) is 28.1. The van der Waals surface area contributed by atoms with Gasteiger partial charge in [0.2, 0.25) is 5.91 Å². The van der Waals surface area contributed by atoms with Crippen molar-refractivity contribution in [3.05, 3.63) is 35.4 Å². The van der Waals surface area contributed by atoms with Crippen LogP contribution in [0.2, 0.25) is 0 Å². The van der Waals surface area contributed by atoms with Gasteiger partial charge in [-0.25, -0.2) is 0 Å². The molecule has 1 heterocycles.